The van der Waals surface area contributed by atoms with E-state index in [4.69, 9.17) is 10.5 Å². The fourth-order valence-electron chi connectivity index (χ4n) is 1.49. The highest BCUT2D eigenvalue weighted by Gasteiger charge is 2.18. The molecule has 0 radical (unpaired) electrons. The van der Waals surface area contributed by atoms with Crippen molar-refractivity contribution in [3.05, 3.63) is 29.8 Å². The van der Waals surface area contributed by atoms with Gasteiger partial charge in [0, 0.05) is 19.7 Å². The van der Waals surface area contributed by atoms with Gasteiger partial charge in [-0.3, -0.25) is 4.68 Å². The molecule has 4 nitrogen and oxygen atoms in total. The van der Waals surface area contributed by atoms with Crippen molar-refractivity contribution < 1.29 is 4.74 Å². The third-order valence-electron chi connectivity index (χ3n) is 2.22. The molecular formula is C9H13N3O. The Morgan fingerprint density at radius 2 is 2.54 bits per heavy atom. The van der Waals surface area contributed by atoms with Gasteiger partial charge in [-0.15, -0.1) is 0 Å². The maximum absolute atomic E-state index is 5.99. The Kier molecular flexibility index (Phi) is 2.06. The number of nitrogens with two attached hydrogens (primary N) is 1. The first-order valence-corrected chi connectivity index (χ1v) is 4.35. The van der Waals surface area contributed by atoms with Crippen molar-refractivity contribution >= 4 is 0 Å². The molecule has 13 heavy (non-hydrogen) atoms. The quantitative estimate of drug-likeness (QED) is 0.728. The fourth-order valence-corrected chi connectivity index (χ4v) is 1.49. The van der Waals surface area contributed by atoms with Crippen molar-refractivity contribution in [1.29, 1.82) is 0 Å². The molecule has 1 unspecified atom stereocenters. The lowest BCUT2D eigenvalue weighted by Crippen LogP contribution is -2.17. The Morgan fingerprint density at radius 3 is 3.08 bits per heavy atom. The molecule has 1 aliphatic rings. The molecule has 2 heterocycles. The second-order valence-corrected chi connectivity index (χ2v) is 3.10. The maximum Gasteiger partial charge on any atom is 0.115 e. The van der Waals surface area contributed by atoms with Crippen LogP contribution < -0.4 is 5.73 Å². The number of ether oxygens (including phenoxy) is 1. The summed E-state index contributed by atoms with van der Waals surface area (Å²) in [5.41, 5.74) is 6.97. The van der Waals surface area contributed by atoms with Crippen LogP contribution in [0, 0.1) is 0 Å². The van der Waals surface area contributed by atoms with Crippen molar-refractivity contribution in [3.8, 4) is 0 Å². The molecule has 1 atom stereocenters. The van der Waals surface area contributed by atoms with Crippen LogP contribution in [0.5, 0.6) is 0 Å². The number of nitrogens with zero attached hydrogens (tertiary/aromatic N) is 2. The minimum absolute atomic E-state index is 0.171. The summed E-state index contributed by atoms with van der Waals surface area (Å²) in [5, 5.41) is 4.06. The van der Waals surface area contributed by atoms with Crippen LogP contribution in [0.1, 0.15) is 18.2 Å². The minimum atomic E-state index is -0.171. The van der Waals surface area contributed by atoms with E-state index in [9.17, 15) is 0 Å². The van der Waals surface area contributed by atoms with Gasteiger partial charge in [0.05, 0.1) is 12.3 Å². The predicted octanol–water partition coefficient (Wildman–Crippen LogP) is 0.724. The first-order valence-electron chi connectivity index (χ1n) is 4.35. The zero-order valence-electron chi connectivity index (χ0n) is 7.60. The van der Waals surface area contributed by atoms with Crippen LogP contribution in [-0.4, -0.2) is 16.4 Å². The molecule has 0 bridgehead atoms. The van der Waals surface area contributed by atoms with E-state index in [1.165, 1.54) is 0 Å². The maximum atomic E-state index is 5.99. The molecule has 0 fully saturated rings. The van der Waals surface area contributed by atoms with Crippen molar-refractivity contribution in [1.82, 2.24) is 9.78 Å². The van der Waals surface area contributed by atoms with E-state index in [-0.39, 0.29) is 6.04 Å². The van der Waals surface area contributed by atoms with Crippen LogP contribution >= 0.6 is 0 Å². The second kappa shape index (κ2) is 3.22. The van der Waals surface area contributed by atoms with Gasteiger partial charge in [0.2, 0.25) is 0 Å². The Balaban J connectivity index is 2.21. The van der Waals surface area contributed by atoms with E-state index in [0.29, 0.717) is 0 Å². The van der Waals surface area contributed by atoms with E-state index in [1.54, 1.807) is 10.9 Å². The zero-order valence-corrected chi connectivity index (χ0v) is 7.60. The van der Waals surface area contributed by atoms with Gasteiger partial charge in [0.15, 0.2) is 0 Å². The number of rotatable bonds is 2. The summed E-state index contributed by atoms with van der Waals surface area (Å²) >= 11 is 0. The molecule has 0 saturated heterocycles. The smallest absolute Gasteiger partial charge is 0.115 e. The third kappa shape index (κ3) is 1.45. The van der Waals surface area contributed by atoms with E-state index in [1.807, 2.05) is 19.2 Å². The molecule has 0 amide bonds. The van der Waals surface area contributed by atoms with Gasteiger partial charge in [-0.05, 0) is 12.1 Å². The topological polar surface area (TPSA) is 53.1 Å². The molecule has 1 aromatic heterocycles. The average molecular weight is 179 g/mol. The lowest BCUT2D eigenvalue weighted by atomic mass is 10.2. The Hall–Kier alpha value is -1.29. The van der Waals surface area contributed by atoms with Crippen LogP contribution in [0.4, 0.5) is 0 Å². The van der Waals surface area contributed by atoms with Crippen LogP contribution in [0.3, 0.4) is 0 Å². The number of aryl methyl sites for hydroxylation is 1. The molecule has 2 N–H and O–H groups in total. The molecule has 0 saturated carbocycles. The van der Waals surface area contributed by atoms with E-state index >= 15 is 0 Å². The monoisotopic (exact) mass is 179 g/mol. The highest BCUT2D eigenvalue weighted by atomic mass is 16.5. The van der Waals surface area contributed by atoms with Crippen molar-refractivity contribution in [3.63, 3.8) is 0 Å². The van der Waals surface area contributed by atoms with Gasteiger partial charge in [0.25, 0.3) is 0 Å². The SMILES string of the molecule is Cn1nccc1C(N)C1=CCCO1. The number of hydrogen-bond acceptors (Lipinski definition) is 3. The summed E-state index contributed by atoms with van der Waals surface area (Å²) in [6, 6.07) is 1.74. The van der Waals surface area contributed by atoms with Crippen LogP contribution in [0.25, 0.3) is 0 Å². The molecule has 1 aromatic rings. The molecule has 2 rings (SSSR count). The molecular weight excluding hydrogens is 166 g/mol. The summed E-state index contributed by atoms with van der Waals surface area (Å²) in [5.74, 6) is 0.864. The van der Waals surface area contributed by atoms with Gasteiger partial charge in [-0.2, -0.15) is 5.10 Å². The molecule has 4 heteroatoms. The van der Waals surface area contributed by atoms with Gasteiger partial charge in [-0.1, -0.05) is 0 Å². The Morgan fingerprint density at radius 1 is 1.69 bits per heavy atom. The van der Waals surface area contributed by atoms with Gasteiger partial charge in [-0.25, -0.2) is 0 Å². The first kappa shape index (κ1) is 8.31. The lowest BCUT2D eigenvalue weighted by Gasteiger charge is -2.12. The zero-order chi connectivity index (χ0) is 9.26. The second-order valence-electron chi connectivity index (χ2n) is 3.10. The summed E-state index contributed by atoms with van der Waals surface area (Å²) in [6.07, 6.45) is 4.74. The predicted molar refractivity (Wildman–Crippen MR) is 48.8 cm³/mol. The van der Waals surface area contributed by atoms with Crippen LogP contribution in [0.15, 0.2) is 24.1 Å². The van der Waals surface area contributed by atoms with Crippen LogP contribution in [-0.2, 0) is 11.8 Å². The molecule has 0 aliphatic carbocycles. The normalized spacial score (nSPS) is 18.2. The van der Waals surface area contributed by atoms with Crippen molar-refractivity contribution in [2.45, 2.75) is 12.5 Å². The average Bonchev–Trinajstić information content (AvgIpc) is 2.72. The fraction of sp³-hybridized carbons (Fsp3) is 0.444. The van der Waals surface area contributed by atoms with E-state index < -0.39 is 0 Å². The third-order valence-corrected chi connectivity index (χ3v) is 2.22. The van der Waals surface area contributed by atoms with Gasteiger partial charge in [0.1, 0.15) is 11.8 Å². The van der Waals surface area contributed by atoms with Gasteiger partial charge >= 0.3 is 0 Å². The lowest BCUT2D eigenvalue weighted by molar-refractivity contribution is 0.223. The summed E-state index contributed by atoms with van der Waals surface area (Å²) < 4.78 is 7.16. The highest BCUT2D eigenvalue weighted by Crippen LogP contribution is 2.23. The van der Waals surface area contributed by atoms with E-state index in [0.717, 1.165) is 24.5 Å². The number of hydrogen-bond donors (Lipinski definition) is 1. The molecule has 70 valence electrons. The molecule has 0 spiro atoms. The standard InChI is InChI=1S/C9H13N3O/c1-12-7(4-5-11-12)9(10)8-3-2-6-13-8/h3-5,9H,2,6,10H2,1H3. The van der Waals surface area contributed by atoms with Crippen LogP contribution in [0.2, 0.25) is 0 Å². The Labute approximate surface area is 77.0 Å². The summed E-state index contributed by atoms with van der Waals surface area (Å²) in [6.45, 7) is 0.751. The summed E-state index contributed by atoms with van der Waals surface area (Å²) in [4.78, 5) is 0. The summed E-state index contributed by atoms with van der Waals surface area (Å²) in [7, 11) is 1.88. The van der Waals surface area contributed by atoms with Crippen molar-refractivity contribution in [2.24, 2.45) is 12.8 Å². The first-order chi connectivity index (χ1) is 6.29. The van der Waals surface area contributed by atoms with Crippen molar-refractivity contribution in [2.75, 3.05) is 6.61 Å². The largest absolute Gasteiger partial charge is 0.496 e. The molecule has 0 aromatic carbocycles. The molecule has 1 aliphatic heterocycles. The Bertz CT molecular complexity index is 329. The number of aromatic nitrogens is 2. The minimum Gasteiger partial charge on any atom is -0.496 e. The van der Waals surface area contributed by atoms with Gasteiger partial charge < -0.3 is 10.5 Å². The highest BCUT2D eigenvalue weighted by molar-refractivity contribution is 5.18. The van der Waals surface area contributed by atoms with E-state index in [2.05, 4.69) is 5.10 Å².